The summed E-state index contributed by atoms with van der Waals surface area (Å²) in [7, 11) is 1.44. The molecule has 6 heteroatoms. The molecule has 24 heavy (non-hydrogen) atoms. The molecule has 5 nitrogen and oxygen atoms in total. The van der Waals surface area contributed by atoms with Gasteiger partial charge in [-0.15, -0.1) is 0 Å². The van der Waals surface area contributed by atoms with Crippen LogP contribution in [0.5, 0.6) is 11.5 Å². The van der Waals surface area contributed by atoms with Crippen molar-refractivity contribution < 1.29 is 14.6 Å². The van der Waals surface area contributed by atoms with Crippen LogP contribution >= 0.6 is 15.9 Å². The maximum atomic E-state index is 12.4. The van der Waals surface area contributed by atoms with Crippen molar-refractivity contribution in [3.05, 3.63) is 27.7 Å². The molecule has 0 heterocycles. The molecule has 0 unspecified atom stereocenters. The number of halogens is 1. The molecular formula is C18H21BrN2O3. The van der Waals surface area contributed by atoms with E-state index in [2.05, 4.69) is 28.2 Å². The van der Waals surface area contributed by atoms with E-state index in [0.717, 1.165) is 19.3 Å². The molecular weight excluding hydrogens is 372 g/mol. The standard InChI is InChI=1S/C18H21BrN2O3/c1-11-5-3-4-6-15(11)21-18(23)13(10-20)7-12-8-14(19)17(22)16(9-12)24-2/h7-9,11,15,22H,3-6H2,1-2H3,(H,21,23)/b13-7+/t11-,15-/m1/s1. The Morgan fingerprint density at radius 2 is 2.17 bits per heavy atom. The third-order valence-electron chi connectivity index (χ3n) is 4.37. The molecule has 0 aromatic heterocycles. The fraction of sp³-hybridized carbons (Fsp3) is 0.444. The van der Waals surface area contributed by atoms with Crippen molar-refractivity contribution in [1.29, 1.82) is 5.26 Å². The van der Waals surface area contributed by atoms with E-state index in [0.29, 0.717) is 16.0 Å². The molecule has 1 saturated carbocycles. The molecule has 128 valence electrons. The number of nitrogens with zero attached hydrogens (tertiary/aromatic N) is 1. The third kappa shape index (κ3) is 4.30. The second-order valence-corrected chi connectivity index (χ2v) is 6.92. The van der Waals surface area contributed by atoms with Gasteiger partial charge in [0.15, 0.2) is 11.5 Å². The van der Waals surface area contributed by atoms with Crippen LogP contribution < -0.4 is 10.1 Å². The number of carbonyl (C=O) groups is 1. The summed E-state index contributed by atoms with van der Waals surface area (Å²) < 4.78 is 5.52. The predicted molar refractivity (Wildman–Crippen MR) is 95.5 cm³/mol. The minimum Gasteiger partial charge on any atom is -0.503 e. The number of nitrogens with one attached hydrogen (secondary N) is 1. The zero-order valence-corrected chi connectivity index (χ0v) is 15.4. The predicted octanol–water partition coefficient (Wildman–Crippen LogP) is 3.77. The Morgan fingerprint density at radius 1 is 1.46 bits per heavy atom. The van der Waals surface area contributed by atoms with Gasteiger partial charge in [-0.05, 0) is 58.5 Å². The van der Waals surface area contributed by atoms with Crippen molar-refractivity contribution in [1.82, 2.24) is 5.32 Å². The summed E-state index contributed by atoms with van der Waals surface area (Å²) in [6.07, 6.45) is 5.83. The summed E-state index contributed by atoms with van der Waals surface area (Å²) in [6.45, 7) is 2.13. The second kappa shape index (κ2) is 8.20. The number of ether oxygens (including phenoxy) is 1. The fourth-order valence-electron chi connectivity index (χ4n) is 2.92. The van der Waals surface area contributed by atoms with Crippen LogP contribution in [0.4, 0.5) is 0 Å². The molecule has 0 spiro atoms. The molecule has 1 aliphatic rings. The first-order chi connectivity index (χ1) is 11.5. The average molecular weight is 393 g/mol. The first-order valence-electron chi connectivity index (χ1n) is 7.95. The molecule has 2 N–H and O–H groups in total. The van der Waals surface area contributed by atoms with Crippen LogP contribution in [0.2, 0.25) is 0 Å². The fourth-order valence-corrected chi connectivity index (χ4v) is 3.38. The van der Waals surface area contributed by atoms with Crippen molar-refractivity contribution in [3.63, 3.8) is 0 Å². The quantitative estimate of drug-likeness (QED) is 0.603. The van der Waals surface area contributed by atoms with Gasteiger partial charge in [0.25, 0.3) is 5.91 Å². The van der Waals surface area contributed by atoms with Gasteiger partial charge in [-0.25, -0.2) is 0 Å². The van der Waals surface area contributed by atoms with Gasteiger partial charge in [0.2, 0.25) is 0 Å². The van der Waals surface area contributed by atoms with Crippen molar-refractivity contribution in [2.45, 2.75) is 38.6 Å². The zero-order chi connectivity index (χ0) is 17.7. The van der Waals surface area contributed by atoms with E-state index < -0.39 is 0 Å². The van der Waals surface area contributed by atoms with Crippen LogP contribution in [0, 0.1) is 17.2 Å². The Balaban J connectivity index is 2.21. The highest BCUT2D eigenvalue weighted by Gasteiger charge is 2.24. The number of phenolic OH excluding ortho intramolecular Hbond substituents is 1. The van der Waals surface area contributed by atoms with Crippen LogP contribution in [0.15, 0.2) is 22.2 Å². The van der Waals surface area contributed by atoms with Crippen LogP contribution in [-0.2, 0) is 4.79 Å². The number of carbonyl (C=O) groups excluding carboxylic acids is 1. The lowest BCUT2D eigenvalue weighted by atomic mass is 9.86. The molecule has 2 atom stereocenters. The van der Waals surface area contributed by atoms with Crippen molar-refractivity contribution in [3.8, 4) is 17.6 Å². The van der Waals surface area contributed by atoms with E-state index in [9.17, 15) is 15.2 Å². The van der Waals surface area contributed by atoms with Crippen LogP contribution in [0.1, 0.15) is 38.2 Å². The second-order valence-electron chi connectivity index (χ2n) is 6.07. The van der Waals surface area contributed by atoms with E-state index in [1.54, 1.807) is 12.1 Å². The minimum absolute atomic E-state index is 0.0198. The smallest absolute Gasteiger partial charge is 0.262 e. The molecule has 0 bridgehead atoms. The molecule has 1 fully saturated rings. The normalized spacial score (nSPS) is 21.0. The average Bonchev–Trinajstić information content (AvgIpc) is 2.57. The Labute approximate surface area is 150 Å². The zero-order valence-electron chi connectivity index (χ0n) is 13.8. The van der Waals surface area contributed by atoms with E-state index in [1.165, 1.54) is 19.6 Å². The number of benzene rings is 1. The molecule has 1 aromatic rings. The van der Waals surface area contributed by atoms with E-state index in [1.807, 2.05) is 6.07 Å². The lowest BCUT2D eigenvalue weighted by Gasteiger charge is -2.29. The monoisotopic (exact) mass is 392 g/mol. The first-order valence-corrected chi connectivity index (χ1v) is 8.74. The summed E-state index contributed by atoms with van der Waals surface area (Å²) in [5, 5.41) is 22.1. The Kier molecular flexibility index (Phi) is 6.27. The van der Waals surface area contributed by atoms with E-state index in [4.69, 9.17) is 4.74 Å². The van der Waals surface area contributed by atoms with Gasteiger partial charge >= 0.3 is 0 Å². The van der Waals surface area contributed by atoms with Gasteiger partial charge in [-0.3, -0.25) is 4.79 Å². The first kappa shape index (κ1) is 18.3. The van der Waals surface area contributed by atoms with Crippen molar-refractivity contribution >= 4 is 27.9 Å². The number of methoxy groups -OCH3 is 1. The van der Waals surface area contributed by atoms with Crippen LogP contribution in [0.25, 0.3) is 6.08 Å². The summed E-state index contributed by atoms with van der Waals surface area (Å²) in [4.78, 5) is 12.4. The molecule has 2 rings (SSSR count). The number of rotatable bonds is 4. The highest BCUT2D eigenvalue weighted by molar-refractivity contribution is 9.10. The Morgan fingerprint density at radius 3 is 2.79 bits per heavy atom. The maximum Gasteiger partial charge on any atom is 0.262 e. The lowest BCUT2D eigenvalue weighted by molar-refractivity contribution is -0.118. The Hall–Kier alpha value is -2.00. The Bertz CT molecular complexity index is 694. The van der Waals surface area contributed by atoms with Crippen molar-refractivity contribution in [2.75, 3.05) is 7.11 Å². The lowest BCUT2D eigenvalue weighted by Crippen LogP contribution is -2.41. The number of hydrogen-bond donors (Lipinski definition) is 2. The molecule has 1 aromatic carbocycles. The number of amides is 1. The number of hydrogen-bond acceptors (Lipinski definition) is 4. The van der Waals surface area contributed by atoms with E-state index >= 15 is 0 Å². The molecule has 0 aliphatic heterocycles. The van der Waals surface area contributed by atoms with Crippen LogP contribution in [0.3, 0.4) is 0 Å². The summed E-state index contributed by atoms with van der Waals surface area (Å²) in [6, 6.07) is 5.28. The molecule has 0 radical (unpaired) electrons. The van der Waals surface area contributed by atoms with E-state index in [-0.39, 0.29) is 29.0 Å². The van der Waals surface area contributed by atoms with Gasteiger partial charge in [-0.2, -0.15) is 5.26 Å². The molecule has 1 aliphatic carbocycles. The summed E-state index contributed by atoms with van der Waals surface area (Å²) >= 11 is 3.23. The van der Waals surface area contributed by atoms with Gasteiger partial charge in [-0.1, -0.05) is 19.8 Å². The molecule has 0 saturated heterocycles. The topological polar surface area (TPSA) is 82.3 Å². The summed E-state index contributed by atoms with van der Waals surface area (Å²) in [5.74, 6) is 0.313. The van der Waals surface area contributed by atoms with Crippen LogP contribution in [-0.4, -0.2) is 24.2 Å². The number of aromatic hydroxyl groups is 1. The van der Waals surface area contributed by atoms with Gasteiger partial charge in [0.05, 0.1) is 11.6 Å². The number of nitriles is 1. The summed E-state index contributed by atoms with van der Waals surface area (Å²) in [5.41, 5.74) is 0.632. The van der Waals surface area contributed by atoms with Gasteiger partial charge < -0.3 is 15.2 Å². The van der Waals surface area contributed by atoms with Gasteiger partial charge in [0, 0.05) is 6.04 Å². The highest BCUT2D eigenvalue weighted by Crippen LogP contribution is 2.35. The third-order valence-corrected chi connectivity index (χ3v) is 4.98. The molecule has 1 amide bonds. The van der Waals surface area contributed by atoms with Crippen molar-refractivity contribution in [2.24, 2.45) is 5.92 Å². The minimum atomic E-state index is -0.362. The number of phenols is 1. The maximum absolute atomic E-state index is 12.4. The highest BCUT2D eigenvalue weighted by atomic mass is 79.9. The SMILES string of the molecule is COc1cc(/C=C(\C#N)C(=O)N[C@@H]2CCCC[C@H]2C)cc(Br)c1O. The largest absolute Gasteiger partial charge is 0.503 e. The van der Waals surface area contributed by atoms with Gasteiger partial charge in [0.1, 0.15) is 11.6 Å².